The monoisotopic (exact) mass is 233 g/mol. The molecular weight excluding hydrogens is 214 g/mol. The lowest BCUT2D eigenvalue weighted by Crippen LogP contribution is -2.36. The number of ether oxygens (including phenoxy) is 1. The van der Waals surface area contributed by atoms with Crippen molar-refractivity contribution in [3.05, 3.63) is 29.8 Å². The number of benzene rings is 1. The van der Waals surface area contributed by atoms with Gasteiger partial charge < -0.3 is 4.74 Å². The molecule has 0 aliphatic carbocycles. The van der Waals surface area contributed by atoms with Gasteiger partial charge in [0, 0.05) is 6.54 Å². The number of nitrogens with zero attached hydrogens (tertiary/aromatic N) is 1. The molecule has 1 aliphatic heterocycles. The van der Waals surface area contributed by atoms with Gasteiger partial charge in [-0.25, -0.2) is 4.79 Å². The lowest BCUT2D eigenvalue weighted by molar-refractivity contribution is 0.151. The van der Waals surface area contributed by atoms with E-state index in [9.17, 15) is 4.79 Å². The fraction of sp³-hybridized carbons (Fsp3) is 0.500. The van der Waals surface area contributed by atoms with Gasteiger partial charge in [0.1, 0.15) is 0 Å². The first-order chi connectivity index (χ1) is 8.33. The van der Waals surface area contributed by atoms with E-state index in [-0.39, 0.29) is 6.09 Å². The number of hydrogen-bond acceptors (Lipinski definition) is 2. The van der Waals surface area contributed by atoms with E-state index in [1.807, 2.05) is 18.2 Å². The molecule has 0 radical (unpaired) electrons. The van der Waals surface area contributed by atoms with Crippen molar-refractivity contribution in [1.82, 2.24) is 0 Å². The summed E-state index contributed by atoms with van der Waals surface area (Å²) in [5.41, 5.74) is 2.26. The van der Waals surface area contributed by atoms with Crippen molar-refractivity contribution in [3.8, 4) is 0 Å². The number of fused-ring (bicyclic) bond motifs is 1. The van der Waals surface area contributed by atoms with E-state index in [4.69, 9.17) is 4.74 Å². The fourth-order valence-corrected chi connectivity index (χ4v) is 2.10. The summed E-state index contributed by atoms with van der Waals surface area (Å²) in [5, 5.41) is 0. The molecular formula is C14H19NO2. The van der Waals surface area contributed by atoms with E-state index in [1.54, 1.807) is 4.90 Å². The highest BCUT2D eigenvalue weighted by Crippen LogP contribution is 2.27. The zero-order chi connectivity index (χ0) is 12.1. The Hall–Kier alpha value is -1.51. The summed E-state index contributed by atoms with van der Waals surface area (Å²) in [4.78, 5) is 13.7. The van der Waals surface area contributed by atoms with Gasteiger partial charge in [0.2, 0.25) is 0 Å². The molecule has 2 rings (SSSR count). The van der Waals surface area contributed by atoms with Gasteiger partial charge in [-0.1, -0.05) is 31.5 Å². The minimum atomic E-state index is -0.203. The van der Waals surface area contributed by atoms with Gasteiger partial charge in [-0.2, -0.15) is 0 Å². The number of unbranched alkanes of at least 4 members (excludes halogenated alkanes) is 1. The zero-order valence-electron chi connectivity index (χ0n) is 10.3. The maximum atomic E-state index is 11.9. The minimum absolute atomic E-state index is 0.203. The Labute approximate surface area is 102 Å². The van der Waals surface area contributed by atoms with Crippen LogP contribution in [-0.4, -0.2) is 19.2 Å². The van der Waals surface area contributed by atoms with Crippen molar-refractivity contribution < 1.29 is 9.53 Å². The number of para-hydroxylation sites is 1. The van der Waals surface area contributed by atoms with E-state index in [2.05, 4.69) is 13.0 Å². The predicted molar refractivity (Wildman–Crippen MR) is 68.4 cm³/mol. The second-order valence-electron chi connectivity index (χ2n) is 4.35. The molecule has 0 unspecified atom stereocenters. The highest BCUT2D eigenvalue weighted by molar-refractivity contribution is 5.89. The number of aryl methyl sites for hydroxylation is 1. The second-order valence-corrected chi connectivity index (χ2v) is 4.35. The van der Waals surface area contributed by atoms with Crippen molar-refractivity contribution >= 4 is 11.8 Å². The Morgan fingerprint density at radius 3 is 3.06 bits per heavy atom. The molecule has 0 bridgehead atoms. The quantitative estimate of drug-likeness (QED) is 0.749. The lowest BCUT2D eigenvalue weighted by Gasteiger charge is -2.28. The van der Waals surface area contributed by atoms with Crippen molar-refractivity contribution in [3.63, 3.8) is 0 Å². The van der Waals surface area contributed by atoms with E-state index in [0.29, 0.717) is 6.61 Å². The second kappa shape index (κ2) is 5.71. The lowest BCUT2D eigenvalue weighted by atomic mass is 10.0. The predicted octanol–water partition coefficient (Wildman–Crippen LogP) is 3.38. The Bertz CT molecular complexity index is 390. The van der Waals surface area contributed by atoms with Crippen molar-refractivity contribution in [2.75, 3.05) is 18.1 Å². The Morgan fingerprint density at radius 1 is 1.41 bits per heavy atom. The highest BCUT2D eigenvalue weighted by atomic mass is 16.6. The normalized spacial score (nSPS) is 14.3. The van der Waals surface area contributed by atoms with E-state index in [0.717, 1.165) is 37.9 Å². The molecule has 1 aromatic carbocycles. The molecule has 3 heteroatoms. The minimum Gasteiger partial charge on any atom is -0.449 e. The van der Waals surface area contributed by atoms with Gasteiger partial charge in [0.15, 0.2) is 0 Å². The summed E-state index contributed by atoms with van der Waals surface area (Å²) >= 11 is 0. The summed E-state index contributed by atoms with van der Waals surface area (Å²) < 4.78 is 5.27. The van der Waals surface area contributed by atoms with Crippen LogP contribution in [0.5, 0.6) is 0 Å². The maximum Gasteiger partial charge on any atom is 0.414 e. The van der Waals surface area contributed by atoms with E-state index >= 15 is 0 Å². The third kappa shape index (κ3) is 2.78. The Kier molecular flexibility index (Phi) is 4.02. The molecule has 1 heterocycles. The summed E-state index contributed by atoms with van der Waals surface area (Å²) in [6, 6.07) is 8.07. The summed E-state index contributed by atoms with van der Waals surface area (Å²) in [7, 11) is 0. The van der Waals surface area contributed by atoms with Crippen molar-refractivity contribution in [2.45, 2.75) is 32.6 Å². The van der Waals surface area contributed by atoms with Crippen LogP contribution in [0.15, 0.2) is 24.3 Å². The molecule has 0 N–H and O–H groups in total. The van der Waals surface area contributed by atoms with Crippen LogP contribution in [0.2, 0.25) is 0 Å². The molecule has 0 saturated carbocycles. The smallest absolute Gasteiger partial charge is 0.414 e. The molecule has 0 spiro atoms. The average Bonchev–Trinajstić information content (AvgIpc) is 2.38. The summed E-state index contributed by atoms with van der Waals surface area (Å²) in [5.74, 6) is 0. The number of hydrogen-bond donors (Lipinski definition) is 0. The first kappa shape index (κ1) is 12.0. The molecule has 0 saturated heterocycles. The van der Waals surface area contributed by atoms with Gasteiger partial charge >= 0.3 is 6.09 Å². The van der Waals surface area contributed by atoms with Crippen LogP contribution in [0.25, 0.3) is 0 Å². The van der Waals surface area contributed by atoms with E-state index in [1.165, 1.54) is 5.56 Å². The highest BCUT2D eigenvalue weighted by Gasteiger charge is 2.22. The van der Waals surface area contributed by atoms with Crippen LogP contribution < -0.4 is 4.90 Å². The van der Waals surface area contributed by atoms with Gasteiger partial charge in [0.05, 0.1) is 12.3 Å². The Balaban J connectivity index is 2.05. The molecule has 0 aromatic heterocycles. The maximum absolute atomic E-state index is 11.9. The topological polar surface area (TPSA) is 29.5 Å². The van der Waals surface area contributed by atoms with Crippen LogP contribution in [0.4, 0.5) is 10.5 Å². The van der Waals surface area contributed by atoms with Crippen molar-refractivity contribution in [1.29, 1.82) is 0 Å². The summed E-state index contributed by atoms with van der Waals surface area (Å²) in [6.45, 7) is 3.38. The number of amides is 1. The van der Waals surface area contributed by atoms with E-state index < -0.39 is 0 Å². The first-order valence-electron chi connectivity index (χ1n) is 6.35. The van der Waals surface area contributed by atoms with Crippen LogP contribution in [0.1, 0.15) is 31.7 Å². The average molecular weight is 233 g/mol. The van der Waals surface area contributed by atoms with Crippen LogP contribution >= 0.6 is 0 Å². The molecule has 0 atom stereocenters. The zero-order valence-corrected chi connectivity index (χ0v) is 10.3. The fourth-order valence-electron chi connectivity index (χ4n) is 2.10. The third-order valence-electron chi connectivity index (χ3n) is 3.05. The molecule has 92 valence electrons. The molecule has 3 nitrogen and oxygen atoms in total. The van der Waals surface area contributed by atoms with Crippen LogP contribution in [0, 0.1) is 0 Å². The van der Waals surface area contributed by atoms with Crippen LogP contribution in [-0.2, 0) is 11.2 Å². The SMILES string of the molecule is CCCCOC(=O)N1CCCc2ccccc21. The molecule has 1 amide bonds. The Morgan fingerprint density at radius 2 is 2.24 bits per heavy atom. The number of carbonyl (C=O) groups is 1. The van der Waals surface area contributed by atoms with Gasteiger partial charge in [-0.15, -0.1) is 0 Å². The van der Waals surface area contributed by atoms with Gasteiger partial charge in [0.25, 0.3) is 0 Å². The standard InChI is InChI=1S/C14H19NO2/c1-2-3-11-17-14(16)15-10-6-8-12-7-4-5-9-13(12)15/h4-5,7,9H,2-3,6,8,10-11H2,1H3. The number of rotatable bonds is 3. The van der Waals surface area contributed by atoms with Crippen LogP contribution in [0.3, 0.4) is 0 Å². The number of anilines is 1. The first-order valence-corrected chi connectivity index (χ1v) is 6.35. The molecule has 0 fully saturated rings. The number of carbonyl (C=O) groups excluding carboxylic acids is 1. The molecule has 1 aliphatic rings. The third-order valence-corrected chi connectivity index (χ3v) is 3.05. The molecule has 17 heavy (non-hydrogen) atoms. The van der Waals surface area contributed by atoms with Gasteiger partial charge in [-0.05, 0) is 30.9 Å². The van der Waals surface area contributed by atoms with Crippen molar-refractivity contribution in [2.24, 2.45) is 0 Å². The molecule has 1 aromatic rings. The largest absolute Gasteiger partial charge is 0.449 e. The summed E-state index contributed by atoms with van der Waals surface area (Å²) in [6.07, 6.45) is 3.84. The van der Waals surface area contributed by atoms with Gasteiger partial charge in [-0.3, -0.25) is 4.90 Å².